The van der Waals surface area contributed by atoms with Gasteiger partial charge in [0.05, 0.1) is 0 Å². The highest BCUT2D eigenvalue weighted by atomic mass is 16.1. The van der Waals surface area contributed by atoms with Crippen LogP contribution in [-0.4, -0.2) is 24.5 Å². The van der Waals surface area contributed by atoms with Gasteiger partial charge in [-0.25, -0.2) is 0 Å². The minimum Gasteiger partial charge on any atom is -0.370 e. The molecule has 26 heavy (non-hydrogen) atoms. The number of hydrogen-bond donors (Lipinski definition) is 1. The molecule has 4 heteroatoms. The second-order valence-electron chi connectivity index (χ2n) is 6.85. The second kappa shape index (κ2) is 9.18. The summed E-state index contributed by atoms with van der Waals surface area (Å²) in [6, 6.07) is 14.1. The lowest BCUT2D eigenvalue weighted by Gasteiger charge is -2.20. The molecule has 0 unspecified atom stereocenters. The van der Waals surface area contributed by atoms with Crippen LogP contribution in [0.25, 0.3) is 0 Å². The van der Waals surface area contributed by atoms with Crippen molar-refractivity contribution in [1.29, 1.82) is 0 Å². The summed E-state index contributed by atoms with van der Waals surface area (Å²) in [5, 5.41) is 3.00. The summed E-state index contributed by atoms with van der Waals surface area (Å²) >= 11 is 0. The Balaban J connectivity index is 1.55. The summed E-state index contributed by atoms with van der Waals surface area (Å²) in [4.78, 5) is 18.8. The SMILES string of the molecule is CN(Cc1ccccc1)c1ccnc(C(=O)NCCC2=CCCCC2)c1. The van der Waals surface area contributed by atoms with Crippen LogP contribution in [0.3, 0.4) is 0 Å². The Morgan fingerprint density at radius 1 is 1.19 bits per heavy atom. The van der Waals surface area contributed by atoms with Gasteiger partial charge in [0.25, 0.3) is 5.91 Å². The van der Waals surface area contributed by atoms with Gasteiger partial charge in [0.1, 0.15) is 5.69 Å². The molecule has 0 spiro atoms. The van der Waals surface area contributed by atoms with Gasteiger partial charge in [0.2, 0.25) is 0 Å². The van der Waals surface area contributed by atoms with Gasteiger partial charge in [0, 0.05) is 32.0 Å². The minimum absolute atomic E-state index is 0.101. The number of aromatic nitrogens is 1. The third-order valence-corrected chi connectivity index (χ3v) is 4.80. The lowest BCUT2D eigenvalue weighted by Crippen LogP contribution is -2.26. The highest BCUT2D eigenvalue weighted by Crippen LogP contribution is 2.19. The van der Waals surface area contributed by atoms with E-state index in [1.54, 1.807) is 6.20 Å². The molecule has 1 N–H and O–H groups in total. The molecule has 1 heterocycles. The number of hydrogen-bond acceptors (Lipinski definition) is 3. The Morgan fingerprint density at radius 3 is 2.81 bits per heavy atom. The highest BCUT2D eigenvalue weighted by Gasteiger charge is 2.11. The topological polar surface area (TPSA) is 45.2 Å². The Hall–Kier alpha value is -2.62. The fourth-order valence-corrected chi connectivity index (χ4v) is 3.29. The lowest BCUT2D eigenvalue weighted by molar-refractivity contribution is 0.0949. The maximum absolute atomic E-state index is 12.4. The summed E-state index contributed by atoms with van der Waals surface area (Å²) in [6.45, 7) is 1.47. The molecule has 0 saturated carbocycles. The van der Waals surface area contributed by atoms with Crippen molar-refractivity contribution in [3.05, 3.63) is 71.6 Å². The molecule has 0 atom stereocenters. The van der Waals surface area contributed by atoms with Crippen LogP contribution in [0.2, 0.25) is 0 Å². The van der Waals surface area contributed by atoms with E-state index >= 15 is 0 Å². The minimum atomic E-state index is -0.101. The van der Waals surface area contributed by atoms with Gasteiger partial charge >= 0.3 is 0 Å². The predicted molar refractivity (Wildman–Crippen MR) is 106 cm³/mol. The van der Waals surface area contributed by atoms with Crippen molar-refractivity contribution in [1.82, 2.24) is 10.3 Å². The van der Waals surface area contributed by atoms with Gasteiger partial charge < -0.3 is 10.2 Å². The molecule has 0 fully saturated rings. The fraction of sp³-hybridized carbons (Fsp3) is 0.364. The average Bonchev–Trinajstić information content (AvgIpc) is 2.69. The molecule has 1 amide bonds. The standard InChI is InChI=1S/C22H27N3O/c1-25(17-19-10-6-3-7-11-19)20-13-15-23-21(16-20)22(26)24-14-12-18-8-4-2-5-9-18/h3,6-8,10-11,13,15-16H,2,4-5,9,12,14,17H2,1H3,(H,24,26). The molecule has 3 rings (SSSR count). The van der Waals surface area contributed by atoms with Crippen molar-refractivity contribution in [2.75, 3.05) is 18.5 Å². The molecule has 4 nitrogen and oxygen atoms in total. The number of amides is 1. The largest absolute Gasteiger partial charge is 0.370 e. The first-order chi connectivity index (χ1) is 12.7. The van der Waals surface area contributed by atoms with Gasteiger partial charge in [-0.15, -0.1) is 0 Å². The number of benzene rings is 1. The van der Waals surface area contributed by atoms with E-state index in [0.717, 1.165) is 18.7 Å². The summed E-state index contributed by atoms with van der Waals surface area (Å²) in [5.74, 6) is -0.101. The van der Waals surface area contributed by atoms with E-state index in [0.29, 0.717) is 12.2 Å². The highest BCUT2D eigenvalue weighted by molar-refractivity contribution is 5.93. The van der Waals surface area contributed by atoms with Gasteiger partial charge in [-0.05, 0) is 49.8 Å². The monoisotopic (exact) mass is 349 g/mol. The number of rotatable bonds is 7. The maximum atomic E-state index is 12.4. The van der Waals surface area contributed by atoms with Crippen molar-refractivity contribution in [2.45, 2.75) is 38.6 Å². The summed E-state index contributed by atoms with van der Waals surface area (Å²) in [7, 11) is 2.03. The summed E-state index contributed by atoms with van der Waals surface area (Å²) < 4.78 is 0. The molecule has 0 bridgehead atoms. The molecule has 0 saturated heterocycles. The Labute approximate surface area is 155 Å². The Bertz CT molecular complexity index is 755. The van der Waals surface area contributed by atoms with Crippen LogP contribution < -0.4 is 10.2 Å². The first kappa shape index (κ1) is 18.2. The number of carbonyl (C=O) groups is 1. The quantitative estimate of drug-likeness (QED) is 0.756. The first-order valence-electron chi connectivity index (χ1n) is 9.39. The molecular formula is C22H27N3O. The zero-order chi connectivity index (χ0) is 18.2. The van der Waals surface area contributed by atoms with Crippen LogP contribution in [0.15, 0.2) is 60.3 Å². The smallest absolute Gasteiger partial charge is 0.269 e. The second-order valence-corrected chi connectivity index (χ2v) is 6.85. The fourth-order valence-electron chi connectivity index (χ4n) is 3.29. The number of nitrogens with zero attached hydrogens (tertiary/aromatic N) is 2. The third-order valence-electron chi connectivity index (χ3n) is 4.80. The molecule has 136 valence electrons. The van der Waals surface area contributed by atoms with E-state index in [1.807, 2.05) is 37.4 Å². The van der Waals surface area contributed by atoms with E-state index in [9.17, 15) is 4.79 Å². The third kappa shape index (κ3) is 5.19. The van der Waals surface area contributed by atoms with E-state index in [4.69, 9.17) is 0 Å². The number of anilines is 1. The van der Waals surface area contributed by atoms with Gasteiger partial charge in [-0.2, -0.15) is 0 Å². The molecule has 1 aliphatic rings. The number of pyridine rings is 1. The van der Waals surface area contributed by atoms with Crippen molar-refractivity contribution < 1.29 is 4.79 Å². The number of nitrogens with one attached hydrogen (secondary N) is 1. The van der Waals surface area contributed by atoms with Crippen LogP contribution in [0.5, 0.6) is 0 Å². The first-order valence-corrected chi connectivity index (χ1v) is 9.39. The van der Waals surface area contributed by atoms with Crippen molar-refractivity contribution >= 4 is 11.6 Å². The van der Waals surface area contributed by atoms with Gasteiger partial charge in [-0.1, -0.05) is 42.0 Å². The van der Waals surface area contributed by atoms with Crippen LogP contribution in [-0.2, 0) is 6.54 Å². The van der Waals surface area contributed by atoms with Gasteiger partial charge in [0.15, 0.2) is 0 Å². The zero-order valence-corrected chi connectivity index (χ0v) is 15.4. The van der Waals surface area contributed by atoms with Crippen LogP contribution in [0.1, 0.15) is 48.2 Å². The van der Waals surface area contributed by atoms with Crippen molar-refractivity contribution in [3.8, 4) is 0 Å². The summed E-state index contributed by atoms with van der Waals surface area (Å²) in [6.07, 6.45) is 9.90. The number of allylic oxidation sites excluding steroid dienone is 1. The van der Waals surface area contributed by atoms with Crippen LogP contribution in [0, 0.1) is 0 Å². The summed E-state index contributed by atoms with van der Waals surface area (Å²) in [5.41, 5.74) is 4.17. The predicted octanol–water partition coefficient (Wildman–Crippen LogP) is 4.34. The Kier molecular flexibility index (Phi) is 6.42. The molecule has 1 aliphatic carbocycles. The molecule has 1 aromatic heterocycles. The van der Waals surface area contributed by atoms with Crippen molar-refractivity contribution in [2.24, 2.45) is 0 Å². The molecule has 0 aliphatic heterocycles. The lowest BCUT2D eigenvalue weighted by atomic mass is 9.97. The van der Waals surface area contributed by atoms with E-state index < -0.39 is 0 Å². The molecule has 0 radical (unpaired) electrons. The van der Waals surface area contributed by atoms with Crippen LogP contribution in [0.4, 0.5) is 5.69 Å². The van der Waals surface area contributed by atoms with Gasteiger partial charge in [-0.3, -0.25) is 9.78 Å². The maximum Gasteiger partial charge on any atom is 0.269 e. The molecule has 1 aromatic carbocycles. The average molecular weight is 349 g/mol. The van der Waals surface area contributed by atoms with Crippen molar-refractivity contribution in [3.63, 3.8) is 0 Å². The molecule has 2 aromatic rings. The molecular weight excluding hydrogens is 322 g/mol. The van der Waals surface area contributed by atoms with E-state index in [2.05, 4.69) is 33.4 Å². The normalized spacial score (nSPS) is 13.8. The van der Waals surface area contributed by atoms with E-state index in [-0.39, 0.29) is 5.91 Å². The number of carbonyl (C=O) groups excluding carboxylic acids is 1. The Morgan fingerprint density at radius 2 is 2.04 bits per heavy atom. The zero-order valence-electron chi connectivity index (χ0n) is 15.4. The van der Waals surface area contributed by atoms with Crippen LogP contribution >= 0.6 is 0 Å². The van der Waals surface area contributed by atoms with E-state index in [1.165, 1.54) is 36.8 Å².